The monoisotopic (exact) mass is 679 g/mol. The first kappa shape index (κ1) is 29.1. The molecule has 3 nitrogen and oxygen atoms in total. The predicted octanol–water partition coefficient (Wildman–Crippen LogP) is 13.2. The summed E-state index contributed by atoms with van der Waals surface area (Å²) < 4.78 is 5.05. The highest BCUT2D eigenvalue weighted by atomic mass is 32.1. The van der Waals surface area contributed by atoms with Crippen LogP contribution in [0.2, 0.25) is 0 Å². The molecule has 0 radical (unpaired) electrons. The molecule has 4 heteroatoms. The Morgan fingerprint density at radius 3 is 1.92 bits per heavy atom. The van der Waals surface area contributed by atoms with Crippen LogP contribution in [-0.2, 0) is 0 Å². The van der Waals surface area contributed by atoms with Gasteiger partial charge in [0.2, 0.25) is 0 Å². The molecule has 0 unspecified atom stereocenters. The number of thiophene rings is 1. The molecule has 242 valence electrons. The Kier molecular flexibility index (Phi) is 6.42. The number of aromatic nitrogens is 3. The molecule has 0 spiro atoms. The smallest absolute Gasteiger partial charge is 0.0973 e. The van der Waals surface area contributed by atoms with E-state index in [2.05, 4.69) is 168 Å². The van der Waals surface area contributed by atoms with Crippen LogP contribution < -0.4 is 0 Å². The van der Waals surface area contributed by atoms with Gasteiger partial charge < -0.3 is 4.57 Å². The number of hydrogen-bond donors (Lipinski definition) is 0. The molecule has 0 aliphatic heterocycles. The lowest BCUT2D eigenvalue weighted by atomic mass is 10.00. The highest BCUT2D eigenvalue weighted by Gasteiger charge is 2.19. The van der Waals surface area contributed by atoms with Crippen LogP contribution in [0.1, 0.15) is 0 Å². The Labute approximate surface area is 303 Å². The van der Waals surface area contributed by atoms with Gasteiger partial charge in [-0.25, -0.2) is 9.97 Å². The molecule has 0 fully saturated rings. The first-order valence-electron chi connectivity index (χ1n) is 17.6. The Morgan fingerprint density at radius 1 is 0.423 bits per heavy atom. The third kappa shape index (κ3) is 4.45. The van der Waals surface area contributed by atoms with Gasteiger partial charge in [-0.2, -0.15) is 0 Å². The summed E-state index contributed by atoms with van der Waals surface area (Å²) in [6.07, 6.45) is 0. The average Bonchev–Trinajstić information content (AvgIpc) is 3.76. The van der Waals surface area contributed by atoms with Crippen LogP contribution >= 0.6 is 11.3 Å². The number of fused-ring (bicyclic) bond motifs is 9. The van der Waals surface area contributed by atoms with Crippen molar-refractivity contribution in [3.05, 3.63) is 176 Å². The molecule has 3 aromatic heterocycles. The molecule has 11 aromatic rings. The van der Waals surface area contributed by atoms with Crippen molar-refractivity contribution >= 4 is 75.1 Å². The van der Waals surface area contributed by atoms with Gasteiger partial charge in [0.05, 0.1) is 33.5 Å². The number of rotatable bonds is 4. The van der Waals surface area contributed by atoms with Gasteiger partial charge in [0.15, 0.2) is 0 Å². The predicted molar refractivity (Wildman–Crippen MR) is 221 cm³/mol. The van der Waals surface area contributed by atoms with E-state index in [4.69, 9.17) is 9.97 Å². The molecule has 0 bridgehead atoms. The Balaban J connectivity index is 1.18. The van der Waals surface area contributed by atoms with Crippen LogP contribution in [0, 0.1) is 0 Å². The third-order valence-corrected chi connectivity index (χ3v) is 11.6. The Bertz CT molecular complexity index is 3180. The van der Waals surface area contributed by atoms with E-state index in [0.717, 1.165) is 39.2 Å². The molecule has 52 heavy (non-hydrogen) atoms. The maximum Gasteiger partial charge on any atom is 0.0973 e. The lowest BCUT2D eigenvalue weighted by Crippen LogP contribution is -1.98. The topological polar surface area (TPSA) is 30.7 Å². The lowest BCUT2D eigenvalue weighted by Gasteiger charge is -2.13. The van der Waals surface area contributed by atoms with E-state index in [1.165, 1.54) is 63.9 Å². The molecule has 0 saturated carbocycles. The normalized spacial score (nSPS) is 11.8. The SMILES string of the molecule is c1ccc(-c2nc3ccc(-n4c5cc(-c6cccc7c6sc6ccccc67)ccc5c5c6ccccc6ccc54)cc3nc2-c2ccccc2)cc1. The summed E-state index contributed by atoms with van der Waals surface area (Å²) in [6, 6.07) is 63.0. The first-order valence-corrected chi connectivity index (χ1v) is 18.4. The zero-order valence-corrected chi connectivity index (χ0v) is 28.8. The van der Waals surface area contributed by atoms with E-state index < -0.39 is 0 Å². The van der Waals surface area contributed by atoms with Crippen LogP contribution in [-0.4, -0.2) is 14.5 Å². The van der Waals surface area contributed by atoms with Crippen molar-refractivity contribution in [3.63, 3.8) is 0 Å². The van der Waals surface area contributed by atoms with E-state index in [1.807, 2.05) is 23.5 Å². The summed E-state index contributed by atoms with van der Waals surface area (Å²) in [7, 11) is 0. The van der Waals surface area contributed by atoms with Gasteiger partial charge in [-0.15, -0.1) is 11.3 Å². The van der Waals surface area contributed by atoms with Gasteiger partial charge in [-0.1, -0.05) is 140 Å². The summed E-state index contributed by atoms with van der Waals surface area (Å²) in [5.41, 5.74) is 11.4. The summed E-state index contributed by atoms with van der Waals surface area (Å²) in [6.45, 7) is 0. The largest absolute Gasteiger partial charge is 0.309 e. The molecular formula is C48H29N3S. The van der Waals surface area contributed by atoms with Gasteiger partial charge in [-0.05, 0) is 58.3 Å². The zero-order chi connectivity index (χ0) is 34.2. The summed E-state index contributed by atoms with van der Waals surface area (Å²) >= 11 is 1.87. The summed E-state index contributed by atoms with van der Waals surface area (Å²) in [5.74, 6) is 0. The molecule has 3 heterocycles. The second kappa shape index (κ2) is 11.5. The fourth-order valence-corrected chi connectivity index (χ4v) is 9.22. The second-order valence-corrected chi connectivity index (χ2v) is 14.4. The third-order valence-electron chi connectivity index (χ3n) is 10.4. The van der Waals surface area contributed by atoms with E-state index in [0.29, 0.717) is 0 Å². The maximum atomic E-state index is 5.35. The Hall–Kier alpha value is -6.62. The van der Waals surface area contributed by atoms with Crippen molar-refractivity contribution in [1.29, 1.82) is 0 Å². The minimum atomic E-state index is 0.859. The fourth-order valence-electron chi connectivity index (χ4n) is 7.98. The van der Waals surface area contributed by atoms with Crippen molar-refractivity contribution in [2.75, 3.05) is 0 Å². The highest BCUT2D eigenvalue weighted by molar-refractivity contribution is 7.26. The average molecular weight is 680 g/mol. The first-order chi connectivity index (χ1) is 25.8. The number of nitrogens with zero attached hydrogens (tertiary/aromatic N) is 3. The van der Waals surface area contributed by atoms with Crippen LogP contribution in [0.4, 0.5) is 0 Å². The van der Waals surface area contributed by atoms with Crippen molar-refractivity contribution in [2.45, 2.75) is 0 Å². The fraction of sp³-hybridized carbons (Fsp3) is 0. The molecule has 0 aliphatic rings. The minimum absolute atomic E-state index is 0.859. The van der Waals surface area contributed by atoms with Gasteiger partial charge >= 0.3 is 0 Å². The number of hydrogen-bond acceptors (Lipinski definition) is 3. The van der Waals surface area contributed by atoms with Crippen LogP contribution in [0.3, 0.4) is 0 Å². The minimum Gasteiger partial charge on any atom is -0.309 e. The molecule has 8 aromatic carbocycles. The second-order valence-electron chi connectivity index (χ2n) is 13.4. The van der Waals surface area contributed by atoms with Crippen molar-refractivity contribution in [3.8, 4) is 39.3 Å². The van der Waals surface area contributed by atoms with Crippen molar-refractivity contribution in [2.24, 2.45) is 0 Å². The molecule has 0 aliphatic carbocycles. The van der Waals surface area contributed by atoms with E-state index in [1.54, 1.807) is 0 Å². The molecule has 0 saturated heterocycles. The summed E-state index contributed by atoms with van der Waals surface area (Å²) in [5, 5.41) is 7.60. The summed E-state index contributed by atoms with van der Waals surface area (Å²) in [4.78, 5) is 10.6. The molecular weight excluding hydrogens is 651 g/mol. The highest BCUT2D eigenvalue weighted by Crippen LogP contribution is 2.43. The maximum absolute atomic E-state index is 5.35. The standard InChI is InChI=1S/C48H29N3S/c1-3-13-31(14-4-1)46-47(32-15-5-2-6-16-32)50-41-29-34(24-26-40(41)49-46)51-42-27-23-30-12-7-8-17-35(30)45(42)39-25-22-33(28-43(39)51)36-19-11-20-38-37-18-9-10-21-44(37)52-48(36)38/h1-29H. The molecule has 0 N–H and O–H groups in total. The quantitative estimate of drug-likeness (QED) is 0.185. The van der Waals surface area contributed by atoms with E-state index >= 15 is 0 Å². The van der Waals surface area contributed by atoms with E-state index in [-0.39, 0.29) is 0 Å². The molecule has 0 amide bonds. The van der Waals surface area contributed by atoms with E-state index in [9.17, 15) is 0 Å². The Morgan fingerprint density at radius 2 is 1.12 bits per heavy atom. The van der Waals surface area contributed by atoms with Crippen molar-refractivity contribution < 1.29 is 0 Å². The van der Waals surface area contributed by atoms with Gasteiger partial charge in [0, 0.05) is 47.8 Å². The van der Waals surface area contributed by atoms with Crippen molar-refractivity contribution in [1.82, 2.24) is 14.5 Å². The van der Waals surface area contributed by atoms with Crippen LogP contribution in [0.15, 0.2) is 176 Å². The molecule has 11 rings (SSSR count). The van der Waals surface area contributed by atoms with Crippen LogP contribution in [0.5, 0.6) is 0 Å². The van der Waals surface area contributed by atoms with Crippen LogP contribution in [0.25, 0.3) is 103 Å². The number of benzene rings is 8. The lowest BCUT2D eigenvalue weighted by molar-refractivity contribution is 1.18. The van der Waals surface area contributed by atoms with Gasteiger partial charge in [-0.3, -0.25) is 0 Å². The molecule has 0 atom stereocenters. The van der Waals surface area contributed by atoms with Gasteiger partial charge in [0.25, 0.3) is 0 Å². The zero-order valence-electron chi connectivity index (χ0n) is 28.0. The van der Waals surface area contributed by atoms with Gasteiger partial charge in [0.1, 0.15) is 0 Å².